The Morgan fingerprint density at radius 1 is 1.04 bits per heavy atom. The fraction of sp³-hybridized carbons (Fsp3) is 0.143. The second kappa shape index (κ2) is 7.70. The molecule has 1 amide bonds. The van der Waals surface area contributed by atoms with Crippen LogP contribution in [-0.4, -0.2) is 17.9 Å². The van der Waals surface area contributed by atoms with Gasteiger partial charge >= 0.3 is 0 Å². The van der Waals surface area contributed by atoms with Gasteiger partial charge in [-0.05, 0) is 25.0 Å². The van der Waals surface area contributed by atoms with Crippen LogP contribution in [0.2, 0.25) is 0 Å². The van der Waals surface area contributed by atoms with Crippen molar-refractivity contribution in [2.75, 3.05) is 0 Å². The van der Waals surface area contributed by atoms with Crippen molar-refractivity contribution in [3.8, 4) is 11.3 Å². The summed E-state index contributed by atoms with van der Waals surface area (Å²) in [5, 5.41) is 14.0. The van der Waals surface area contributed by atoms with E-state index in [4.69, 9.17) is 4.42 Å². The minimum atomic E-state index is -1.33. The number of aryl methyl sites for hydroxylation is 1. The Morgan fingerprint density at radius 2 is 1.65 bits per heavy atom. The average Bonchev–Trinajstić information content (AvgIpc) is 3.04. The topological polar surface area (TPSA) is 82.4 Å². The molecule has 0 fully saturated rings. The third-order valence-electron chi connectivity index (χ3n) is 4.09. The molecule has 0 unspecified atom stereocenters. The van der Waals surface area contributed by atoms with Gasteiger partial charge in [0.1, 0.15) is 11.5 Å². The molecule has 0 aliphatic heterocycles. The molecule has 26 heavy (non-hydrogen) atoms. The van der Waals surface area contributed by atoms with E-state index >= 15 is 0 Å². The first kappa shape index (κ1) is 17.5. The SMILES string of the molecule is Cc1oc(-c2ccccc2)cc1C(=O)N[C@H](Cc1ccccc1)C(=O)[O-]. The predicted octanol–water partition coefficient (Wildman–Crippen LogP) is 2.35. The van der Waals surface area contributed by atoms with Gasteiger partial charge in [-0.1, -0.05) is 60.7 Å². The van der Waals surface area contributed by atoms with E-state index in [1.54, 1.807) is 25.1 Å². The number of amides is 1. The standard InChI is InChI=1S/C21H19NO4/c1-14-17(13-19(26-14)16-10-6-3-7-11-16)20(23)22-18(21(24)25)12-15-8-4-2-5-9-15/h2-11,13,18H,12H2,1H3,(H,22,23)(H,24,25)/p-1/t18-/m1/s1. The van der Waals surface area contributed by atoms with Gasteiger partial charge < -0.3 is 19.6 Å². The third-order valence-corrected chi connectivity index (χ3v) is 4.09. The molecule has 0 saturated carbocycles. The van der Waals surface area contributed by atoms with E-state index in [2.05, 4.69) is 5.32 Å². The Labute approximate surface area is 151 Å². The summed E-state index contributed by atoms with van der Waals surface area (Å²) in [6.45, 7) is 1.67. The van der Waals surface area contributed by atoms with Gasteiger partial charge in [0, 0.05) is 5.56 Å². The van der Waals surface area contributed by atoms with Crippen LogP contribution in [0.15, 0.2) is 71.1 Å². The minimum Gasteiger partial charge on any atom is -0.548 e. The molecule has 3 aromatic rings. The number of hydrogen-bond donors (Lipinski definition) is 1. The largest absolute Gasteiger partial charge is 0.548 e. The van der Waals surface area contributed by atoms with Crippen LogP contribution < -0.4 is 10.4 Å². The molecule has 2 aromatic carbocycles. The van der Waals surface area contributed by atoms with E-state index in [1.165, 1.54) is 0 Å². The van der Waals surface area contributed by atoms with Crippen LogP contribution in [0.25, 0.3) is 11.3 Å². The van der Waals surface area contributed by atoms with Crippen molar-refractivity contribution in [1.82, 2.24) is 5.32 Å². The molecule has 1 aromatic heterocycles. The molecule has 0 aliphatic carbocycles. The van der Waals surface area contributed by atoms with Crippen molar-refractivity contribution in [2.45, 2.75) is 19.4 Å². The highest BCUT2D eigenvalue weighted by Crippen LogP contribution is 2.25. The molecular weight excluding hydrogens is 330 g/mol. The van der Waals surface area contributed by atoms with Crippen molar-refractivity contribution in [1.29, 1.82) is 0 Å². The zero-order valence-electron chi connectivity index (χ0n) is 14.3. The maximum atomic E-state index is 12.6. The Hall–Kier alpha value is -3.34. The van der Waals surface area contributed by atoms with E-state index < -0.39 is 17.9 Å². The molecule has 3 rings (SSSR count). The number of hydrogen-bond acceptors (Lipinski definition) is 4. The highest BCUT2D eigenvalue weighted by molar-refractivity contribution is 5.98. The molecule has 1 N–H and O–H groups in total. The second-order valence-electron chi connectivity index (χ2n) is 5.98. The summed E-state index contributed by atoms with van der Waals surface area (Å²) < 4.78 is 5.66. The Kier molecular flexibility index (Phi) is 5.17. The first-order chi connectivity index (χ1) is 12.5. The summed E-state index contributed by atoms with van der Waals surface area (Å²) in [5.41, 5.74) is 1.95. The first-order valence-electron chi connectivity index (χ1n) is 8.26. The van der Waals surface area contributed by atoms with Gasteiger partial charge in [-0.2, -0.15) is 0 Å². The molecule has 0 aliphatic rings. The molecule has 5 nitrogen and oxygen atoms in total. The molecule has 0 radical (unpaired) electrons. The van der Waals surface area contributed by atoms with Gasteiger partial charge in [-0.25, -0.2) is 0 Å². The van der Waals surface area contributed by atoms with Crippen LogP contribution in [-0.2, 0) is 11.2 Å². The van der Waals surface area contributed by atoms with Crippen LogP contribution in [0, 0.1) is 6.92 Å². The van der Waals surface area contributed by atoms with Gasteiger partial charge in [0.2, 0.25) is 0 Å². The quantitative estimate of drug-likeness (QED) is 0.741. The van der Waals surface area contributed by atoms with Crippen molar-refractivity contribution in [3.05, 3.63) is 83.6 Å². The molecule has 0 spiro atoms. The van der Waals surface area contributed by atoms with Gasteiger partial charge in [0.05, 0.1) is 17.6 Å². The number of carbonyl (C=O) groups is 2. The number of carboxylic acid groups (broad SMARTS) is 1. The van der Waals surface area contributed by atoms with E-state index in [0.29, 0.717) is 17.1 Å². The van der Waals surface area contributed by atoms with E-state index in [9.17, 15) is 14.7 Å². The van der Waals surface area contributed by atoms with E-state index in [-0.39, 0.29) is 6.42 Å². The van der Waals surface area contributed by atoms with Crippen LogP contribution in [0.1, 0.15) is 21.7 Å². The number of nitrogens with one attached hydrogen (secondary N) is 1. The van der Waals surface area contributed by atoms with Crippen molar-refractivity contribution in [2.24, 2.45) is 0 Å². The number of carbonyl (C=O) groups excluding carboxylic acids is 2. The number of carboxylic acids is 1. The zero-order valence-corrected chi connectivity index (χ0v) is 14.3. The number of furan rings is 1. The number of aliphatic carboxylic acids is 1. The van der Waals surface area contributed by atoms with Crippen LogP contribution in [0.5, 0.6) is 0 Å². The van der Waals surface area contributed by atoms with Gasteiger partial charge in [0.15, 0.2) is 0 Å². The highest BCUT2D eigenvalue weighted by atomic mass is 16.4. The van der Waals surface area contributed by atoms with E-state index in [0.717, 1.165) is 11.1 Å². The van der Waals surface area contributed by atoms with E-state index in [1.807, 2.05) is 48.5 Å². The Bertz CT molecular complexity index is 900. The first-order valence-corrected chi connectivity index (χ1v) is 8.26. The van der Waals surface area contributed by atoms with Gasteiger partial charge in [-0.15, -0.1) is 0 Å². The predicted molar refractivity (Wildman–Crippen MR) is 95.3 cm³/mol. The summed E-state index contributed by atoms with van der Waals surface area (Å²) in [4.78, 5) is 24.0. The maximum absolute atomic E-state index is 12.6. The van der Waals surface area contributed by atoms with Crippen LogP contribution >= 0.6 is 0 Å². The normalized spacial score (nSPS) is 11.7. The lowest BCUT2D eigenvalue weighted by molar-refractivity contribution is -0.308. The van der Waals surface area contributed by atoms with Crippen LogP contribution in [0.4, 0.5) is 0 Å². The number of rotatable bonds is 6. The summed E-state index contributed by atoms with van der Waals surface area (Å²) in [6.07, 6.45) is 0.150. The summed E-state index contributed by atoms with van der Waals surface area (Å²) >= 11 is 0. The summed E-state index contributed by atoms with van der Waals surface area (Å²) in [6, 6.07) is 19.0. The molecular formula is C21H18NO4-. The molecule has 1 atom stereocenters. The lowest BCUT2D eigenvalue weighted by atomic mass is 10.1. The van der Waals surface area contributed by atoms with Crippen molar-refractivity contribution >= 4 is 11.9 Å². The fourth-order valence-corrected chi connectivity index (χ4v) is 2.73. The molecule has 0 bridgehead atoms. The smallest absolute Gasteiger partial charge is 0.255 e. The lowest BCUT2D eigenvalue weighted by Gasteiger charge is -2.19. The molecule has 132 valence electrons. The van der Waals surface area contributed by atoms with Crippen molar-refractivity contribution < 1.29 is 19.1 Å². The fourth-order valence-electron chi connectivity index (χ4n) is 2.73. The molecule has 0 saturated heterocycles. The zero-order chi connectivity index (χ0) is 18.5. The van der Waals surface area contributed by atoms with Gasteiger partial charge in [-0.3, -0.25) is 4.79 Å². The third kappa shape index (κ3) is 4.00. The lowest BCUT2D eigenvalue weighted by Crippen LogP contribution is -2.49. The van der Waals surface area contributed by atoms with Gasteiger partial charge in [0.25, 0.3) is 5.91 Å². The molecule has 5 heteroatoms. The summed E-state index contributed by atoms with van der Waals surface area (Å²) in [7, 11) is 0. The number of benzene rings is 2. The highest BCUT2D eigenvalue weighted by Gasteiger charge is 2.20. The average molecular weight is 348 g/mol. The second-order valence-corrected chi connectivity index (χ2v) is 5.98. The monoisotopic (exact) mass is 348 g/mol. The van der Waals surface area contributed by atoms with Crippen LogP contribution in [0.3, 0.4) is 0 Å². The Balaban J connectivity index is 1.78. The maximum Gasteiger partial charge on any atom is 0.255 e. The molecule has 1 heterocycles. The van der Waals surface area contributed by atoms with Crippen molar-refractivity contribution in [3.63, 3.8) is 0 Å². The minimum absolute atomic E-state index is 0.150. The summed E-state index contributed by atoms with van der Waals surface area (Å²) in [5.74, 6) is -0.843. The Morgan fingerprint density at radius 3 is 2.27 bits per heavy atom.